The van der Waals surface area contributed by atoms with E-state index < -0.39 is 5.97 Å². The van der Waals surface area contributed by atoms with E-state index in [9.17, 15) is 9.59 Å². The monoisotopic (exact) mass is 371 g/mol. The lowest BCUT2D eigenvalue weighted by molar-refractivity contribution is -0.147. The highest BCUT2D eigenvalue weighted by molar-refractivity contribution is 5.81. The maximum Gasteiger partial charge on any atom is 0.310 e. The number of rotatable bonds is 9. The van der Waals surface area contributed by atoms with Gasteiger partial charge in [-0.25, -0.2) is 0 Å². The van der Waals surface area contributed by atoms with E-state index in [0.29, 0.717) is 18.9 Å². The average Bonchev–Trinajstić information content (AvgIpc) is 2.65. The van der Waals surface area contributed by atoms with Crippen LogP contribution in [0.4, 0.5) is 0 Å². The highest BCUT2D eigenvalue weighted by Gasteiger charge is 2.10. The molecule has 0 bridgehead atoms. The standard InChI is InChI=1S/C21H25NO5/c1-15-5-4-6-18(11-15)26-10-9-22-20(23)14-27-21(24)13-17-8-7-16(2)19(12-17)25-3/h4-8,11-12H,9-10,13-14H2,1-3H3,(H,22,23). The van der Waals surface area contributed by atoms with Crippen molar-refractivity contribution in [2.75, 3.05) is 26.9 Å². The van der Waals surface area contributed by atoms with Crippen molar-refractivity contribution in [3.05, 3.63) is 59.2 Å². The molecule has 0 heterocycles. The molecule has 0 aliphatic carbocycles. The summed E-state index contributed by atoms with van der Waals surface area (Å²) in [6.07, 6.45) is 0.0837. The molecule has 2 aromatic carbocycles. The summed E-state index contributed by atoms with van der Waals surface area (Å²) >= 11 is 0. The molecule has 27 heavy (non-hydrogen) atoms. The number of nitrogens with one attached hydrogen (secondary N) is 1. The minimum absolute atomic E-state index is 0.0837. The summed E-state index contributed by atoms with van der Waals surface area (Å²) in [5, 5.41) is 2.65. The van der Waals surface area contributed by atoms with Crippen molar-refractivity contribution in [2.45, 2.75) is 20.3 Å². The zero-order valence-corrected chi connectivity index (χ0v) is 15.9. The van der Waals surface area contributed by atoms with Gasteiger partial charge < -0.3 is 19.5 Å². The Morgan fingerprint density at radius 3 is 2.63 bits per heavy atom. The first-order valence-electron chi connectivity index (χ1n) is 8.73. The molecule has 6 nitrogen and oxygen atoms in total. The Bertz CT molecular complexity index is 788. The van der Waals surface area contributed by atoms with Gasteiger partial charge in [0.25, 0.3) is 5.91 Å². The van der Waals surface area contributed by atoms with Gasteiger partial charge in [0.05, 0.1) is 20.1 Å². The number of esters is 1. The van der Waals surface area contributed by atoms with E-state index in [1.165, 1.54) is 0 Å². The highest BCUT2D eigenvalue weighted by atomic mass is 16.5. The molecule has 1 amide bonds. The van der Waals surface area contributed by atoms with Crippen LogP contribution in [0.25, 0.3) is 0 Å². The second-order valence-electron chi connectivity index (χ2n) is 6.16. The highest BCUT2D eigenvalue weighted by Crippen LogP contribution is 2.19. The first-order valence-corrected chi connectivity index (χ1v) is 8.73. The molecule has 0 spiro atoms. The minimum atomic E-state index is -0.466. The van der Waals surface area contributed by atoms with Crippen LogP contribution in [-0.2, 0) is 20.7 Å². The van der Waals surface area contributed by atoms with Crippen molar-refractivity contribution in [1.29, 1.82) is 0 Å². The van der Waals surface area contributed by atoms with Gasteiger partial charge in [-0.15, -0.1) is 0 Å². The van der Waals surface area contributed by atoms with E-state index in [2.05, 4.69) is 5.32 Å². The van der Waals surface area contributed by atoms with Crippen molar-refractivity contribution >= 4 is 11.9 Å². The van der Waals surface area contributed by atoms with E-state index in [1.54, 1.807) is 13.2 Å². The third-order valence-corrected chi connectivity index (χ3v) is 3.87. The molecule has 144 valence electrons. The second-order valence-corrected chi connectivity index (χ2v) is 6.16. The van der Waals surface area contributed by atoms with Crippen LogP contribution in [0.15, 0.2) is 42.5 Å². The Labute approximate surface area is 159 Å². The summed E-state index contributed by atoms with van der Waals surface area (Å²) in [4.78, 5) is 23.6. The fourth-order valence-corrected chi connectivity index (χ4v) is 2.45. The number of hydrogen-bond donors (Lipinski definition) is 1. The summed E-state index contributed by atoms with van der Waals surface area (Å²) in [5.41, 5.74) is 2.87. The number of carbonyl (C=O) groups is 2. The average molecular weight is 371 g/mol. The van der Waals surface area contributed by atoms with Gasteiger partial charge in [0, 0.05) is 0 Å². The Morgan fingerprint density at radius 1 is 1.07 bits per heavy atom. The molecule has 0 aliphatic heterocycles. The van der Waals surface area contributed by atoms with Crippen molar-refractivity contribution in [3.63, 3.8) is 0 Å². The fourth-order valence-electron chi connectivity index (χ4n) is 2.45. The summed E-state index contributed by atoms with van der Waals surface area (Å²) in [6.45, 7) is 4.27. The molecule has 0 radical (unpaired) electrons. The van der Waals surface area contributed by atoms with Crippen LogP contribution < -0.4 is 14.8 Å². The third-order valence-electron chi connectivity index (χ3n) is 3.87. The van der Waals surface area contributed by atoms with E-state index in [-0.39, 0.29) is 18.9 Å². The number of ether oxygens (including phenoxy) is 3. The number of methoxy groups -OCH3 is 1. The normalized spacial score (nSPS) is 10.2. The molecule has 0 fully saturated rings. The Balaban J connectivity index is 1.65. The lowest BCUT2D eigenvalue weighted by atomic mass is 10.1. The zero-order valence-electron chi connectivity index (χ0n) is 15.9. The fraction of sp³-hybridized carbons (Fsp3) is 0.333. The summed E-state index contributed by atoms with van der Waals surface area (Å²) in [7, 11) is 1.58. The molecule has 6 heteroatoms. The summed E-state index contributed by atoms with van der Waals surface area (Å²) in [5.74, 6) is 0.639. The maximum absolute atomic E-state index is 11.9. The van der Waals surface area contributed by atoms with Gasteiger partial charge in [0.2, 0.25) is 0 Å². The van der Waals surface area contributed by atoms with Gasteiger partial charge in [-0.05, 0) is 48.7 Å². The number of aryl methyl sites for hydroxylation is 2. The molecule has 1 N–H and O–H groups in total. The molecule has 0 unspecified atom stereocenters. The Kier molecular flexibility index (Phi) is 7.67. The van der Waals surface area contributed by atoms with Gasteiger partial charge in [0.1, 0.15) is 18.1 Å². The van der Waals surface area contributed by atoms with Gasteiger partial charge in [0.15, 0.2) is 6.61 Å². The van der Waals surface area contributed by atoms with Crippen LogP contribution in [0.2, 0.25) is 0 Å². The van der Waals surface area contributed by atoms with Crippen molar-refractivity contribution in [2.24, 2.45) is 0 Å². The Morgan fingerprint density at radius 2 is 1.89 bits per heavy atom. The topological polar surface area (TPSA) is 73.9 Å². The van der Waals surface area contributed by atoms with Crippen LogP contribution in [0.3, 0.4) is 0 Å². The predicted molar refractivity (Wildman–Crippen MR) is 102 cm³/mol. The van der Waals surface area contributed by atoms with Crippen LogP contribution in [0.5, 0.6) is 11.5 Å². The van der Waals surface area contributed by atoms with E-state index in [1.807, 2.05) is 50.2 Å². The number of carbonyl (C=O) groups excluding carboxylic acids is 2. The molecule has 0 atom stereocenters. The molecule has 0 aliphatic rings. The first kappa shape index (κ1) is 20.3. The summed E-state index contributed by atoms with van der Waals surface area (Å²) < 4.78 is 15.8. The largest absolute Gasteiger partial charge is 0.496 e. The lowest BCUT2D eigenvalue weighted by Crippen LogP contribution is -2.32. The molecule has 0 saturated carbocycles. The first-order chi connectivity index (χ1) is 13.0. The smallest absolute Gasteiger partial charge is 0.310 e. The number of benzene rings is 2. The quantitative estimate of drug-likeness (QED) is 0.542. The van der Waals surface area contributed by atoms with Gasteiger partial charge in [-0.2, -0.15) is 0 Å². The summed E-state index contributed by atoms with van der Waals surface area (Å²) in [6, 6.07) is 13.2. The second kappa shape index (κ2) is 10.2. The van der Waals surface area contributed by atoms with Crippen LogP contribution >= 0.6 is 0 Å². The molecule has 0 saturated heterocycles. The van der Waals surface area contributed by atoms with Crippen molar-refractivity contribution in [3.8, 4) is 11.5 Å². The van der Waals surface area contributed by atoms with Crippen LogP contribution in [0, 0.1) is 13.8 Å². The number of hydrogen-bond acceptors (Lipinski definition) is 5. The zero-order chi connectivity index (χ0) is 19.6. The number of amides is 1. The van der Waals surface area contributed by atoms with E-state index in [0.717, 1.165) is 22.4 Å². The maximum atomic E-state index is 11.9. The molecule has 0 aromatic heterocycles. The molecule has 2 rings (SSSR count). The van der Waals surface area contributed by atoms with Crippen LogP contribution in [0.1, 0.15) is 16.7 Å². The van der Waals surface area contributed by atoms with E-state index >= 15 is 0 Å². The molecular formula is C21H25NO5. The Hall–Kier alpha value is -3.02. The minimum Gasteiger partial charge on any atom is -0.496 e. The SMILES string of the molecule is COc1cc(CC(=O)OCC(=O)NCCOc2cccc(C)c2)ccc1C. The third kappa shape index (κ3) is 7.01. The lowest BCUT2D eigenvalue weighted by Gasteiger charge is -2.09. The predicted octanol–water partition coefficient (Wildman–Crippen LogP) is 2.59. The van der Waals surface area contributed by atoms with Gasteiger partial charge >= 0.3 is 5.97 Å². The van der Waals surface area contributed by atoms with Crippen molar-refractivity contribution in [1.82, 2.24) is 5.32 Å². The molecule has 2 aromatic rings. The van der Waals surface area contributed by atoms with Gasteiger partial charge in [-0.3, -0.25) is 9.59 Å². The van der Waals surface area contributed by atoms with Gasteiger partial charge in [-0.1, -0.05) is 24.3 Å². The van der Waals surface area contributed by atoms with E-state index in [4.69, 9.17) is 14.2 Å². The van der Waals surface area contributed by atoms with Crippen LogP contribution in [-0.4, -0.2) is 38.7 Å². The van der Waals surface area contributed by atoms with Crippen molar-refractivity contribution < 1.29 is 23.8 Å². The molecular weight excluding hydrogens is 346 g/mol.